The molecule has 4 heteroatoms. The van der Waals surface area contributed by atoms with Gasteiger partial charge in [-0.3, -0.25) is 0 Å². The van der Waals surface area contributed by atoms with Crippen molar-refractivity contribution in [3.05, 3.63) is 28.2 Å². The molecular weight excluding hydrogens is 304 g/mol. The van der Waals surface area contributed by atoms with Gasteiger partial charge in [0, 0.05) is 29.3 Å². The van der Waals surface area contributed by atoms with Crippen LogP contribution in [0.4, 0.5) is 5.69 Å². The first kappa shape index (κ1) is 14.8. The van der Waals surface area contributed by atoms with Crippen molar-refractivity contribution in [1.29, 1.82) is 0 Å². The average molecular weight is 327 g/mol. The summed E-state index contributed by atoms with van der Waals surface area (Å²) in [5.74, 6) is 0. The molecule has 0 amide bonds. The van der Waals surface area contributed by atoms with Crippen LogP contribution in [0, 0.1) is 0 Å². The van der Waals surface area contributed by atoms with Gasteiger partial charge in [-0.15, -0.1) is 0 Å². The van der Waals surface area contributed by atoms with Gasteiger partial charge in [0.15, 0.2) is 0 Å². The summed E-state index contributed by atoms with van der Waals surface area (Å²) >= 11 is 3.66. The maximum atomic E-state index is 5.86. The fraction of sp³-hybridized carbons (Fsp3) is 0.600. The van der Waals surface area contributed by atoms with E-state index in [0.717, 1.165) is 37.0 Å². The quantitative estimate of drug-likeness (QED) is 0.924. The maximum Gasteiger partial charge on any atom is 0.0748 e. The molecule has 2 rings (SSSR count). The van der Waals surface area contributed by atoms with Crippen molar-refractivity contribution < 1.29 is 4.74 Å². The number of hydrogen-bond donors (Lipinski definition) is 1. The van der Waals surface area contributed by atoms with E-state index in [1.54, 1.807) is 0 Å². The Morgan fingerprint density at radius 3 is 2.95 bits per heavy atom. The molecule has 1 aromatic rings. The van der Waals surface area contributed by atoms with Crippen LogP contribution in [0.15, 0.2) is 22.7 Å². The second-order valence-electron chi connectivity index (χ2n) is 5.30. The highest BCUT2D eigenvalue weighted by atomic mass is 79.9. The Balaban J connectivity index is 2.10. The van der Waals surface area contributed by atoms with Gasteiger partial charge in [-0.2, -0.15) is 0 Å². The molecule has 2 unspecified atom stereocenters. The summed E-state index contributed by atoms with van der Waals surface area (Å²) < 4.78 is 6.87. The van der Waals surface area contributed by atoms with E-state index >= 15 is 0 Å². The SMILES string of the molecule is CCC1CN(c2ccc(CC(C)N)c(Br)c2)CCO1. The summed E-state index contributed by atoms with van der Waals surface area (Å²) in [6.45, 7) is 6.98. The zero-order valence-electron chi connectivity index (χ0n) is 11.7. The van der Waals surface area contributed by atoms with Crippen LogP contribution >= 0.6 is 15.9 Å². The molecule has 0 spiro atoms. The highest BCUT2D eigenvalue weighted by molar-refractivity contribution is 9.10. The molecule has 0 aliphatic carbocycles. The van der Waals surface area contributed by atoms with Gasteiger partial charge < -0.3 is 15.4 Å². The van der Waals surface area contributed by atoms with Crippen LogP contribution in [0.25, 0.3) is 0 Å². The van der Waals surface area contributed by atoms with E-state index in [0.29, 0.717) is 6.10 Å². The van der Waals surface area contributed by atoms with Crippen LogP contribution in [-0.2, 0) is 11.2 Å². The van der Waals surface area contributed by atoms with Crippen molar-refractivity contribution >= 4 is 21.6 Å². The van der Waals surface area contributed by atoms with Gasteiger partial charge in [0.05, 0.1) is 12.7 Å². The summed E-state index contributed by atoms with van der Waals surface area (Å²) in [5.41, 5.74) is 8.41. The molecule has 2 N–H and O–H groups in total. The van der Waals surface area contributed by atoms with Crippen LogP contribution < -0.4 is 10.6 Å². The Labute approximate surface area is 124 Å². The minimum Gasteiger partial charge on any atom is -0.375 e. The first-order valence-corrected chi connectivity index (χ1v) is 7.80. The van der Waals surface area contributed by atoms with Crippen molar-refractivity contribution in [1.82, 2.24) is 0 Å². The molecule has 3 nitrogen and oxygen atoms in total. The molecule has 1 aliphatic rings. The second-order valence-corrected chi connectivity index (χ2v) is 6.16. The van der Waals surface area contributed by atoms with E-state index in [1.165, 1.54) is 11.3 Å². The number of ether oxygens (including phenoxy) is 1. The highest BCUT2D eigenvalue weighted by Gasteiger charge is 2.19. The van der Waals surface area contributed by atoms with Gasteiger partial charge >= 0.3 is 0 Å². The number of hydrogen-bond acceptors (Lipinski definition) is 3. The van der Waals surface area contributed by atoms with Crippen molar-refractivity contribution in [2.24, 2.45) is 5.73 Å². The third kappa shape index (κ3) is 3.94. The number of anilines is 1. The summed E-state index contributed by atoms with van der Waals surface area (Å²) in [6.07, 6.45) is 2.33. The van der Waals surface area contributed by atoms with E-state index < -0.39 is 0 Å². The molecule has 0 radical (unpaired) electrons. The smallest absolute Gasteiger partial charge is 0.0748 e. The lowest BCUT2D eigenvalue weighted by Gasteiger charge is -2.34. The molecule has 0 saturated carbocycles. The molecule has 1 heterocycles. The van der Waals surface area contributed by atoms with Crippen molar-refractivity contribution in [2.45, 2.75) is 38.8 Å². The van der Waals surface area contributed by atoms with Gasteiger partial charge in [-0.25, -0.2) is 0 Å². The van der Waals surface area contributed by atoms with Crippen LogP contribution in [0.5, 0.6) is 0 Å². The molecule has 2 atom stereocenters. The maximum absolute atomic E-state index is 5.86. The lowest BCUT2D eigenvalue weighted by molar-refractivity contribution is 0.0384. The van der Waals surface area contributed by atoms with Crippen LogP contribution in [0.3, 0.4) is 0 Å². The standard InChI is InChI=1S/C15H23BrN2O/c1-3-14-10-18(6-7-19-14)13-5-4-12(8-11(2)17)15(16)9-13/h4-5,9,11,14H,3,6-8,10,17H2,1-2H3. The molecule has 0 aromatic heterocycles. The number of benzene rings is 1. The average Bonchev–Trinajstić information content (AvgIpc) is 2.40. The van der Waals surface area contributed by atoms with E-state index in [2.05, 4.69) is 46.0 Å². The summed E-state index contributed by atoms with van der Waals surface area (Å²) in [5, 5.41) is 0. The van der Waals surface area contributed by atoms with Crippen molar-refractivity contribution in [3.63, 3.8) is 0 Å². The van der Waals surface area contributed by atoms with Crippen molar-refractivity contribution in [2.75, 3.05) is 24.6 Å². The van der Waals surface area contributed by atoms with Crippen molar-refractivity contribution in [3.8, 4) is 0 Å². The first-order valence-electron chi connectivity index (χ1n) is 7.00. The third-order valence-corrected chi connectivity index (χ3v) is 4.28. The normalized spacial score (nSPS) is 21.5. The molecule has 1 fully saturated rings. The number of morpholine rings is 1. The molecule has 1 saturated heterocycles. The molecule has 1 aromatic carbocycles. The van der Waals surface area contributed by atoms with Gasteiger partial charge in [0.2, 0.25) is 0 Å². The Kier molecular flexibility index (Phi) is 5.25. The van der Waals surface area contributed by atoms with E-state index in [9.17, 15) is 0 Å². The predicted octanol–water partition coefficient (Wildman–Crippen LogP) is 2.95. The Morgan fingerprint density at radius 1 is 1.53 bits per heavy atom. The predicted molar refractivity (Wildman–Crippen MR) is 83.7 cm³/mol. The van der Waals surface area contributed by atoms with Crippen LogP contribution in [-0.4, -0.2) is 31.8 Å². The molecule has 106 valence electrons. The fourth-order valence-electron chi connectivity index (χ4n) is 2.45. The van der Waals surface area contributed by atoms with E-state index in [1.807, 2.05) is 6.92 Å². The monoisotopic (exact) mass is 326 g/mol. The zero-order valence-corrected chi connectivity index (χ0v) is 13.3. The topological polar surface area (TPSA) is 38.5 Å². The lowest BCUT2D eigenvalue weighted by atomic mass is 10.1. The second kappa shape index (κ2) is 6.73. The van der Waals surface area contributed by atoms with Gasteiger partial charge in [0.1, 0.15) is 0 Å². The van der Waals surface area contributed by atoms with E-state index in [-0.39, 0.29) is 6.04 Å². The number of halogens is 1. The fourth-order valence-corrected chi connectivity index (χ4v) is 2.97. The Bertz CT molecular complexity index is 423. The van der Waals surface area contributed by atoms with Crippen LogP contribution in [0.1, 0.15) is 25.8 Å². The number of nitrogens with two attached hydrogens (primary N) is 1. The third-order valence-electron chi connectivity index (χ3n) is 3.54. The minimum atomic E-state index is 0.190. The summed E-state index contributed by atoms with van der Waals surface area (Å²) in [7, 11) is 0. The van der Waals surface area contributed by atoms with Crippen LogP contribution in [0.2, 0.25) is 0 Å². The molecular formula is C15H23BrN2O. The highest BCUT2D eigenvalue weighted by Crippen LogP contribution is 2.26. The summed E-state index contributed by atoms with van der Waals surface area (Å²) in [4.78, 5) is 2.40. The first-order chi connectivity index (χ1) is 9.10. The largest absolute Gasteiger partial charge is 0.375 e. The minimum absolute atomic E-state index is 0.190. The molecule has 19 heavy (non-hydrogen) atoms. The summed E-state index contributed by atoms with van der Waals surface area (Å²) in [6, 6.07) is 6.77. The number of rotatable bonds is 4. The Morgan fingerprint density at radius 2 is 2.32 bits per heavy atom. The van der Waals surface area contributed by atoms with Gasteiger partial charge in [-0.1, -0.05) is 28.9 Å². The lowest BCUT2D eigenvalue weighted by Crippen LogP contribution is -2.42. The molecule has 1 aliphatic heterocycles. The Hall–Kier alpha value is -0.580. The van der Waals surface area contributed by atoms with E-state index in [4.69, 9.17) is 10.5 Å². The number of nitrogens with zero attached hydrogens (tertiary/aromatic N) is 1. The van der Waals surface area contributed by atoms with Gasteiger partial charge in [0.25, 0.3) is 0 Å². The van der Waals surface area contributed by atoms with Gasteiger partial charge in [-0.05, 0) is 37.5 Å². The zero-order chi connectivity index (χ0) is 13.8. The molecule has 0 bridgehead atoms.